The van der Waals surface area contributed by atoms with Crippen molar-refractivity contribution in [3.05, 3.63) is 65.3 Å². The molecule has 3 aromatic rings. The molecule has 0 saturated carbocycles. The zero-order chi connectivity index (χ0) is 14.2. The van der Waals surface area contributed by atoms with Crippen LogP contribution in [0.25, 0.3) is 10.7 Å². The highest BCUT2D eigenvalue weighted by atomic mass is 32.1. The molecule has 4 rings (SSSR count). The van der Waals surface area contributed by atoms with Crippen LogP contribution < -0.4 is 5.73 Å². The Morgan fingerprint density at radius 1 is 1.19 bits per heavy atom. The van der Waals surface area contributed by atoms with Gasteiger partial charge in [0.15, 0.2) is 0 Å². The molecule has 2 unspecified atom stereocenters. The molecule has 0 spiro atoms. The molecule has 2 aromatic heterocycles. The Bertz CT molecular complexity index is 745. The first-order chi connectivity index (χ1) is 10.3. The fraction of sp³-hybridized carbons (Fsp3) is 0.235. The SMILES string of the molecule is NC1c2ccccc2CCC1n1ccnc1-c1cccs1. The van der Waals surface area contributed by atoms with Crippen molar-refractivity contribution >= 4 is 11.3 Å². The first-order valence-electron chi connectivity index (χ1n) is 7.24. The molecule has 2 heterocycles. The number of thiophene rings is 1. The molecular formula is C17H17N3S. The lowest BCUT2D eigenvalue weighted by molar-refractivity contribution is 0.374. The maximum Gasteiger partial charge on any atom is 0.150 e. The van der Waals surface area contributed by atoms with Crippen LogP contribution in [-0.4, -0.2) is 9.55 Å². The molecule has 4 heteroatoms. The summed E-state index contributed by atoms with van der Waals surface area (Å²) in [6.45, 7) is 0. The third kappa shape index (κ3) is 2.11. The van der Waals surface area contributed by atoms with E-state index in [2.05, 4.69) is 57.5 Å². The normalized spacial score (nSPS) is 21.2. The number of aryl methyl sites for hydroxylation is 1. The van der Waals surface area contributed by atoms with E-state index in [4.69, 9.17) is 5.73 Å². The molecule has 106 valence electrons. The van der Waals surface area contributed by atoms with Gasteiger partial charge in [-0.25, -0.2) is 4.98 Å². The van der Waals surface area contributed by atoms with Gasteiger partial charge < -0.3 is 10.3 Å². The van der Waals surface area contributed by atoms with Crippen LogP contribution in [0.2, 0.25) is 0 Å². The minimum atomic E-state index is 0.0304. The summed E-state index contributed by atoms with van der Waals surface area (Å²) >= 11 is 1.72. The van der Waals surface area contributed by atoms with Crippen LogP contribution in [0.1, 0.15) is 29.6 Å². The molecule has 0 amide bonds. The molecule has 21 heavy (non-hydrogen) atoms. The largest absolute Gasteiger partial charge is 0.325 e. The van der Waals surface area contributed by atoms with Crippen LogP contribution in [0.5, 0.6) is 0 Å². The number of rotatable bonds is 2. The van der Waals surface area contributed by atoms with Gasteiger partial charge in [0.25, 0.3) is 0 Å². The van der Waals surface area contributed by atoms with Gasteiger partial charge in [0, 0.05) is 12.4 Å². The van der Waals surface area contributed by atoms with Crippen molar-refractivity contribution in [3.63, 3.8) is 0 Å². The third-order valence-electron chi connectivity index (χ3n) is 4.31. The Morgan fingerprint density at radius 2 is 2.10 bits per heavy atom. The van der Waals surface area contributed by atoms with E-state index in [0.717, 1.165) is 18.7 Å². The first-order valence-corrected chi connectivity index (χ1v) is 8.12. The maximum absolute atomic E-state index is 6.56. The lowest BCUT2D eigenvalue weighted by atomic mass is 9.84. The monoisotopic (exact) mass is 295 g/mol. The zero-order valence-electron chi connectivity index (χ0n) is 11.6. The molecule has 1 aromatic carbocycles. The molecule has 0 radical (unpaired) electrons. The fourth-order valence-corrected chi connectivity index (χ4v) is 3.99. The van der Waals surface area contributed by atoms with Crippen molar-refractivity contribution in [2.45, 2.75) is 24.9 Å². The fourth-order valence-electron chi connectivity index (χ4n) is 3.27. The molecule has 2 N–H and O–H groups in total. The van der Waals surface area contributed by atoms with Crippen LogP contribution in [0.15, 0.2) is 54.2 Å². The topological polar surface area (TPSA) is 43.8 Å². The van der Waals surface area contributed by atoms with Crippen LogP contribution in [0, 0.1) is 0 Å². The van der Waals surface area contributed by atoms with Crippen molar-refractivity contribution in [1.82, 2.24) is 9.55 Å². The number of hydrogen-bond acceptors (Lipinski definition) is 3. The number of nitrogens with two attached hydrogens (primary N) is 1. The van der Waals surface area contributed by atoms with Crippen LogP contribution in [0.3, 0.4) is 0 Å². The van der Waals surface area contributed by atoms with Crippen molar-refractivity contribution in [2.75, 3.05) is 0 Å². The number of benzene rings is 1. The number of fused-ring (bicyclic) bond motifs is 1. The highest BCUT2D eigenvalue weighted by Gasteiger charge is 2.29. The second-order valence-electron chi connectivity index (χ2n) is 5.47. The van der Waals surface area contributed by atoms with Crippen molar-refractivity contribution in [3.8, 4) is 10.7 Å². The highest BCUT2D eigenvalue weighted by molar-refractivity contribution is 7.13. The number of hydrogen-bond donors (Lipinski definition) is 1. The summed E-state index contributed by atoms with van der Waals surface area (Å²) in [5.74, 6) is 1.03. The number of nitrogens with zero attached hydrogens (tertiary/aromatic N) is 2. The van der Waals surface area contributed by atoms with E-state index in [0.29, 0.717) is 0 Å². The van der Waals surface area contributed by atoms with E-state index < -0.39 is 0 Å². The third-order valence-corrected chi connectivity index (χ3v) is 5.17. The summed E-state index contributed by atoms with van der Waals surface area (Å²) in [7, 11) is 0. The molecular weight excluding hydrogens is 278 g/mol. The summed E-state index contributed by atoms with van der Waals surface area (Å²) in [4.78, 5) is 5.74. The van der Waals surface area contributed by atoms with Gasteiger partial charge in [-0.3, -0.25) is 0 Å². The molecule has 1 aliphatic rings. The zero-order valence-corrected chi connectivity index (χ0v) is 12.5. The van der Waals surface area contributed by atoms with Gasteiger partial charge in [0.05, 0.1) is 17.0 Å². The Balaban J connectivity index is 1.75. The lowest BCUT2D eigenvalue weighted by Crippen LogP contribution is -2.29. The molecule has 0 bridgehead atoms. The van der Waals surface area contributed by atoms with Crippen molar-refractivity contribution in [1.29, 1.82) is 0 Å². The molecule has 0 saturated heterocycles. The first kappa shape index (κ1) is 12.8. The van der Waals surface area contributed by atoms with Gasteiger partial charge in [-0.15, -0.1) is 11.3 Å². The van der Waals surface area contributed by atoms with E-state index >= 15 is 0 Å². The van der Waals surface area contributed by atoms with E-state index in [1.807, 2.05) is 6.20 Å². The predicted molar refractivity (Wildman–Crippen MR) is 86.3 cm³/mol. The van der Waals surface area contributed by atoms with Crippen molar-refractivity contribution < 1.29 is 0 Å². The summed E-state index contributed by atoms with van der Waals surface area (Å²) in [5, 5.41) is 2.09. The van der Waals surface area contributed by atoms with Gasteiger partial charge in [0.2, 0.25) is 0 Å². The Kier molecular flexibility index (Phi) is 3.13. The standard InChI is InChI=1S/C17H17N3S/c18-16-13-5-2-1-4-12(13)7-8-14(16)20-10-9-19-17(20)15-6-3-11-21-15/h1-6,9-11,14,16H,7-8,18H2. The predicted octanol–water partition coefficient (Wildman–Crippen LogP) is 3.80. The molecule has 3 nitrogen and oxygen atoms in total. The van der Waals surface area contributed by atoms with Gasteiger partial charge in [-0.1, -0.05) is 30.3 Å². The van der Waals surface area contributed by atoms with Gasteiger partial charge in [-0.2, -0.15) is 0 Å². The Labute approximate surface area is 128 Å². The number of imidazole rings is 1. The Hall–Kier alpha value is -1.91. The van der Waals surface area contributed by atoms with Crippen LogP contribution in [0.4, 0.5) is 0 Å². The van der Waals surface area contributed by atoms with Gasteiger partial charge in [0.1, 0.15) is 5.82 Å². The highest BCUT2D eigenvalue weighted by Crippen LogP contribution is 2.38. The van der Waals surface area contributed by atoms with E-state index in [1.165, 1.54) is 16.0 Å². The van der Waals surface area contributed by atoms with E-state index in [-0.39, 0.29) is 12.1 Å². The summed E-state index contributed by atoms with van der Waals surface area (Å²) in [6, 6.07) is 13.0. The number of aromatic nitrogens is 2. The van der Waals surface area contributed by atoms with Gasteiger partial charge >= 0.3 is 0 Å². The minimum Gasteiger partial charge on any atom is -0.325 e. The van der Waals surface area contributed by atoms with Crippen molar-refractivity contribution in [2.24, 2.45) is 5.73 Å². The van der Waals surface area contributed by atoms with E-state index in [1.54, 1.807) is 11.3 Å². The second-order valence-corrected chi connectivity index (χ2v) is 6.41. The smallest absolute Gasteiger partial charge is 0.150 e. The Morgan fingerprint density at radius 3 is 2.95 bits per heavy atom. The summed E-state index contributed by atoms with van der Waals surface area (Å²) in [5.41, 5.74) is 9.22. The average Bonchev–Trinajstić information content (AvgIpc) is 3.18. The van der Waals surface area contributed by atoms with Gasteiger partial charge in [-0.05, 0) is 35.4 Å². The molecule has 0 fully saturated rings. The second kappa shape index (κ2) is 5.13. The quantitative estimate of drug-likeness (QED) is 0.781. The summed E-state index contributed by atoms with van der Waals surface area (Å²) < 4.78 is 2.26. The van der Waals surface area contributed by atoms with Crippen LogP contribution in [-0.2, 0) is 6.42 Å². The molecule has 2 atom stereocenters. The maximum atomic E-state index is 6.56. The summed E-state index contributed by atoms with van der Waals surface area (Å²) in [6.07, 6.45) is 6.08. The minimum absolute atomic E-state index is 0.0304. The van der Waals surface area contributed by atoms with E-state index in [9.17, 15) is 0 Å². The average molecular weight is 295 g/mol. The molecule has 1 aliphatic carbocycles. The van der Waals surface area contributed by atoms with Crippen LogP contribution >= 0.6 is 11.3 Å². The molecule has 0 aliphatic heterocycles. The lowest BCUT2D eigenvalue weighted by Gasteiger charge is -2.32.